The van der Waals surface area contributed by atoms with Crippen LogP contribution < -0.4 is 5.32 Å². The molecule has 2 aromatic heterocycles. The lowest BCUT2D eigenvalue weighted by Gasteiger charge is -2.06. The van der Waals surface area contributed by atoms with Gasteiger partial charge in [0.1, 0.15) is 5.82 Å². The van der Waals surface area contributed by atoms with Crippen molar-refractivity contribution in [1.29, 1.82) is 0 Å². The normalized spacial score (nSPS) is 10.2. The Hall–Kier alpha value is -2.95. The fourth-order valence-electron chi connectivity index (χ4n) is 1.87. The number of benzene rings is 1. The van der Waals surface area contributed by atoms with Crippen molar-refractivity contribution in [3.8, 4) is 11.4 Å². The molecule has 0 spiro atoms. The number of amides is 1. The Kier molecular flexibility index (Phi) is 3.24. The van der Waals surface area contributed by atoms with Crippen molar-refractivity contribution in [2.24, 2.45) is 0 Å². The molecule has 0 aliphatic carbocycles. The molecule has 0 saturated heterocycles. The number of aromatic amines is 1. The quantitative estimate of drug-likeness (QED) is 0.764. The molecule has 1 aromatic carbocycles. The van der Waals surface area contributed by atoms with Crippen molar-refractivity contribution in [2.75, 3.05) is 5.32 Å². The molecule has 98 valence electrons. The third kappa shape index (κ3) is 2.56. The van der Waals surface area contributed by atoms with E-state index >= 15 is 0 Å². The largest absolute Gasteiger partial charge is 0.345 e. The van der Waals surface area contributed by atoms with Crippen LogP contribution in [-0.4, -0.2) is 20.9 Å². The number of anilines is 1. The summed E-state index contributed by atoms with van der Waals surface area (Å²) in [6.07, 6.45) is 6.62. The molecular formula is C15H12N4O. The van der Waals surface area contributed by atoms with Gasteiger partial charge in [0.2, 0.25) is 0 Å². The zero-order valence-electron chi connectivity index (χ0n) is 10.6. The molecule has 5 heteroatoms. The van der Waals surface area contributed by atoms with Crippen LogP contribution in [0.3, 0.4) is 0 Å². The minimum atomic E-state index is -0.185. The summed E-state index contributed by atoms with van der Waals surface area (Å²) in [6, 6.07) is 11.0. The zero-order chi connectivity index (χ0) is 13.8. The van der Waals surface area contributed by atoms with Crippen molar-refractivity contribution in [1.82, 2.24) is 15.0 Å². The van der Waals surface area contributed by atoms with Gasteiger partial charge in [0.15, 0.2) is 0 Å². The van der Waals surface area contributed by atoms with Crippen LogP contribution in [0.25, 0.3) is 11.4 Å². The van der Waals surface area contributed by atoms with E-state index in [-0.39, 0.29) is 5.91 Å². The number of nitrogens with zero attached hydrogens (tertiary/aromatic N) is 2. The number of H-pyrrole nitrogens is 1. The maximum Gasteiger partial charge on any atom is 0.257 e. The Balaban J connectivity index is 1.82. The molecule has 0 saturated carbocycles. The Morgan fingerprint density at radius 3 is 2.85 bits per heavy atom. The number of carbonyl (C=O) groups is 1. The van der Waals surface area contributed by atoms with Crippen LogP contribution in [0.15, 0.2) is 61.2 Å². The lowest BCUT2D eigenvalue weighted by atomic mass is 10.2. The first-order valence-corrected chi connectivity index (χ1v) is 6.14. The zero-order valence-corrected chi connectivity index (χ0v) is 10.6. The van der Waals surface area contributed by atoms with E-state index in [0.29, 0.717) is 11.3 Å². The van der Waals surface area contributed by atoms with E-state index in [4.69, 9.17) is 0 Å². The Labute approximate surface area is 115 Å². The van der Waals surface area contributed by atoms with Crippen LogP contribution in [0.1, 0.15) is 10.4 Å². The highest BCUT2D eigenvalue weighted by atomic mass is 16.1. The van der Waals surface area contributed by atoms with Gasteiger partial charge in [-0.1, -0.05) is 12.1 Å². The van der Waals surface area contributed by atoms with Gasteiger partial charge in [-0.15, -0.1) is 0 Å². The van der Waals surface area contributed by atoms with Crippen molar-refractivity contribution in [3.63, 3.8) is 0 Å². The first kappa shape index (κ1) is 12.1. The predicted molar refractivity (Wildman–Crippen MR) is 76.2 cm³/mol. The van der Waals surface area contributed by atoms with Crippen LogP contribution in [0, 0.1) is 0 Å². The molecular weight excluding hydrogens is 252 g/mol. The van der Waals surface area contributed by atoms with E-state index in [1.807, 2.05) is 24.3 Å². The van der Waals surface area contributed by atoms with Crippen LogP contribution in [0.5, 0.6) is 0 Å². The van der Waals surface area contributed by atoms with Crippen LogP contribution in [0.2, 0.25) is 0 Å². The highest BCUT2D eigenvalue weighted by molar-refractivity contribution is 6.04. The van der Waals surface area contributed by atoms with Gasteiger partial charge >= 0.3 is 0 Å². The lowest BCUT2D eigenvalue weighted by Crippen LogP contribution is -2.11. The van der Waals surface area contributed by atoms with Crippen molar-refractivity contribution in [3.05, 3.63) is 66.7 Å². The fraction of sp³-hybridized carbons (Fsp3) is 0. The molecule has 2 N–H and O–H groups in total. The number of hydrogen-bond donors (Lipinski definition) is 2. The number of aromatic nitrogens is 3. The van der Waals surface area contributed by atoms with Gasteiger partial charge in [-0.3, -0.25) is 9.78 Å². The number of pyridine rings is 1. The average molecular weight is 264 g/mol. The van der Waals surface area contributed by atoms with E-state index in [2.05, 4.69) is 20.3 Å². The van der Waals surface area contributed by atoms with E-state index in [9.17, 15) is 4.79 Å². The monoisotopic (exact) mass is 264 g/mol. The summed E-state index contributed by atoms with van der Waals surface area (Å²) >= 11 is 0. The molecule has 3 aromatic rings. The fourth-order valence-corrected chi connectivity index (χ4v) is 1.87. The Morgan fingerprint density at radius 2 is 2.10 bits per heavy atom. The summed E-state index contributed by atoms with van der Waals surface area (Å²) in [5.74, 6) is 0.581. The van der Waals surface area contributed by atoms with Crippen LogP contribution in [-0.2, 0) is 0 Å². The number of carbonyl (C=O) groups excluding carboxylic acids is 1. The summed E-state index contributed by atoms with van der Waals surface area (Å²) in [7, 11) is 0. The van der Waals surface area contributed by atoms with Crippen molar-refractivity contribution in [2.45, 2.75) is 0 Å². The summed E-state index contributed by atoms with van der Waals surface area (Å²) < 4.78 is 0. The van der Waals surface area contributed by atoms with Gasteiger partial charge in [0.25, 0.3) is 5.91 Å². The molecule has 0 bridgehead atoms. The molecule has 5 nitrogen and oxygen atoms in total. The predicted octanol–water partition coefficient (Wildman–Crippen LogP) is 2.72. The summed E-state index contributed by atoms with van der Waals surface area (Å²) in [5, 5.41) is 2.84. The SMILES string of the molecule is O=C(Nc1cccc(-c2ncc[nH]2)c1)c1cccnc1. The summed E-state index contributed by atoms with van der Waals surface area (Å²) in [5.41, 5.74) is 2.16. The van der Waals surface area contributed by atoms with E-state index in [1.165, 1.54) is 6.20 Å². The molecule has 0 aliphatic rings. The van der Waals surface area contributed by atoms with Gasteiger partial charge in [-0.2, -0.15) is 0 Å². The van der Waals surface area contributed by atoms with Gasteiger partial charge in [0.05, 0.1) is 5.56 Å². The molecule has 20 heavy (non-hydrogen) atoms. The second kappa shape index (κ2) is 5.36. The van der Waals surface area contributed by atoms with Gasteiger partial charge in [-0.05, 0) is 24.3 Å². The molecule has 0 radical (unpaired) electrons. The summed E-state index contributed by atoms with van der Waals surface area (Å²) in [4.78, 5) is 23.2. The number of hydrogen-bond acceptors (Lipinski definition) is 3. The van der Waals surface area contributed by atoms with E-state index < -0.39 is 0 Å². The maximum absolute atomic E-state index is 12.0. The van der Waals surface area contributed by atoms with Crippen molar-refractivity contribution >= 4 is 11.6 Å². The van der Waals surface area contributed by atoms with E-state index in [1.54, 1.807) is 30.7 Å². The Bertz CT molecular complexity index is 708. The number of rotatable bonds is 3. The molecule has 1 amide bonds. The smallest absolute Gasteiger partial charge is 0.257 e. The number of imidazole rings is 1. The Morgan fingerprint density at radius 1 is 1.15 bits per heavy atom. The summed E-state index contributed by atoms with van der Waals surface area (Å²) in [6.45, 7) is 0. The third-order valence-corrected chi connectivity index (χ3v) is 2.82. The van der Waals surface area contributed by atoms with E-state index in [0.717, 1.165) is 11.4 Å². The molecule has 0 unspecified atom stereocenters. The molecule has 3 rings (SSSR count). The van der Waals surface area contributed by atoms with Gasteiger partial charge in [-0.25, -0.2) is 4.98 Å². The van der Waals surface area contributed by atoms with Crippen LogP contribution in [0.4, 0.5) is 5.69 Å². The minimum Gasteiger partial charge on any atom is -0.345 e. The highest BCUT2D eigenvalue weighted by Gasteiger charge is 2.07. The lowest BCUT2D eigenvalue weighted by molar-refractivity contribution is 0.102. The highest BCUT2D eigenvalue weighted by Crippen LogP contribution is 2.19. The van der Waals surface area contributed by atoms with Crippen LogP contribution >= 0.6 is 0 Å². The third-order valence-electron chi connectivity index (χ3n) is 2.82. The first-order chi connectivity index (χ1) is 9.83. The minimum absolute atomic E-state index is 0.185. The average Bonchev–Trinajstić information content (AvgIpc) is 3.03. The molecule has 0 fully saturated rings. The molecule has 0 atom stereocenters. The number of nitrogens with one attached hydrogen (secondary N) is 2. The molecule has 0 aliphatic heterocycles. The topological polar surface area (TPSA) is 70.7 Å². The second-order valence-electron chi connectivity index (χ2n) is 4.21. The first-order valence-electron chi connectivity index (χ1n) is 6.14. The second-order valence-corrected chi connectivity index (χ2v) is 4.21. The standard InChI is InChI=1S/C15H12N4O/c20-15(12-4-2-6-16-10-12)19-13-5-1-3-11(9-13)14-17-7-8-18-14/h1-10H,(H,17,18)(H,19,20). The maximum atomic E-state index is 12.0. The molecule has 2 heterocycles. The van der Waals surface area contributed by atoms with Crippen molar-refractivity contribution < 1.29 is 4.79 Å². The van der Waals surface area contributed by atoms with Gasteiger partial charge < -0.3 is 10.3 Å². The van der Waals surface area contributed by atoms with Gasteiger partial charge in [0, 0.05) is 36.0 Å².